The normalized spacial score (nSPS) is 14.2. The first-order valence-electron chi connectivity index (χ1n) is 15.6. The Morgan fingerprint density at radius 1 is 0.595 bits per heavy atom. The van der Waals surface area contributed by atoms with Crippen LogP contribution in [0.5, 0.6) is 0 Å². The van der Waals surface area contributed by atoms with Gasteiger partial charge in [0.15, 0.2) is 0 Å². The molecule has 0 spiro atoms. The second-order valence-electron chi connectivity index (χ2n) is 10.5. The highest BCUT2D eigenvalue weighted by Crippen LogP contribution is 2.42. The van der Waals surface area contributed by atoms with E-state index in [0.717, 1.165) is 12.8 Å². The number of aliphatic hydroxyl groups is 1. The number of phosphoric acid groups is 1. The molecular weight excluding hydrogens is 489 g/mol. The minimum Gasteiger partial charge on any atom is -0.388 e. The van der Waals surface area contributed by atoms with Gasteiger partial charge in [0.05, 0.1) is 19.8 Å². The SMILES string of the molecule is CCCCCCCCCCCCCCCCCCCCCCCCOCC(O)COP(=O)(O)OCCN. The highest BCUT2D eigenvalue weighted by Gasteiger charge is 2.22. The van der Waals surface area contributed by atoms with E-state index in [9.17, 15) is 14.6 Å². The van der Waals surface area contributed by atoms with Gasteiger partial charge in [0.1, 0.15) is 6.10 Å². The van der Waals surface area contributed by atoms with Gasteiger partial charge in [-0.1, -0.05) is 142 Å². The number of nitrogens with two attached hydrogens (primary N) is 1. The van der Waals surface area contributed by atoms with Gasteiger partial charge in [0, 0.05) is 13.2 Å². The van der Waals surface area contributed by atoms with E-state index in [1.807, 2.05) is 0 Å². The predicted molar refractivity (Wildman–Crippen MR) is 155 cm³/mol. The molecule has 0 radical (unpaired) electrons. The molecule has 0 rings (SSSR count). The molecule has 0 fully saturated rings. The van der Waals surface area contributed by atoms with Gasteiger partial charge in [-0.25, -0.2) is 4.57 Å². The molecule has 0 saturated heterocycles. The van der Waals surface area contributed by atoms with Crippen molar-refractivity contribution in [2.45, 2.75) is 154 Å². The summed E-state index contributed by atoms with van der Waals surface area (Å²) >= 11 is 0. The lowest BCUT2D eigenvalue weighted by Gasteiger charge is -2.15. The topological polar surface area (TPSA) is 111 Å². The summed E-state index contributed by atoms with van der Waals surface area (Å²) in [6.45, 7) is 2.69. The van der Waals surface area contributed by atoms with E-state index in [2.05, 4.69) is 11.4 Å². The lowest BCUT2D eigenvalue weighted by Crippen LogP contribution is -2.22. The third kappa shape index (κ3) is 30.4. The van der Waals surface area contributed by atoms with Crippen LogP contribution in [0.2, 0.25) is 0 Å². The molecule has 0 aromatic rings. The first kappa shape index (κ1) is 37.0. The fourth-order valence-corrected chi connectivity index (χ4v) is 5.24. The summed E-state index contributed by atoms with van der Waals surface area (Å²) < 4.78 is 26.2. The molecule has 0 aromatic heterocycles. The molecule has 7 nitrogen and oxygen atoms in total. The van der Waals surface area contributed by atoms with E-state index in [-0.39, 0.29) is 26.4 Å². The fraction of sp³-hybridized carbons (Fsp3) is 1.00. The lowest BCUT2D eigenvalue weighted by atomic mass is 10.0. The third-order valence-corrected chi connectivity index (χ3v) is 7.74. The summed E-state index contributed by atoms with van der Waals surface area (Å²) in [5.74, 6) is 0. The van der Waals surface area contributed by atoms with Gasteiger partial charge in [-0.2, -0.15) is 0 Å². The standard InChI is InChI=1S/C29H62NO6P/c1-2-3-4-5-6-7-8-9-10-11-12-13-14-15-16-17-18-19-20-21-22-23-25-34-27-29(31)28-36-37(32,33)35-26-24-30/h29,31H,2-28,30H2,1H3,(H,32,33). The smallest absolute Gasteiger partial charge is 0.388 e. The number of hydrogen-bond donors (Lipinski definition) is 3. The molecule has 0 saturated carbocycles. The molecule has 0 aliphatic heterocycles. The zero-order valence-electron chi connectivity index (χ0n) is 24.2. The first-order chi connectivity index (χ1) is 18.0. The second kappa shape index (κ2) is 29.0. The summed E-state index contributed by atoms with van der Waals surface area (Å²) in [7, 11) is -4.14. The number of aliphatic hydroxyl groups excluding tert-OH is 1. The van der Waals surface area contributed by atoms with Crippen molar-refractivity contribution in [3.8, 4) is 0 Å². The molecule has 0 heterocycles. The Kier molecular flexibility index (Phi) is 29.0. The van der Waals surface area contributed by atoms with E-state index in [1.54, 1.807) is 0 Å². The highest BCUT2D eigenvalue weighted by molar-refractivity contribution is 7.47. The lowest BCUT2D eigenvalue weighted by molar-refractivity contribution is 0.00230. The van der Waals surface area contributed by atoms with E-state index < -0.39 is 13.9 Å². The number of ether oxygens (including phenoxy) is 1. The number of hydrogen-bond acceptors (Lipinski definition) is 6. The van der Waals surface area contributed by atoms with Gasteiger partial charge in [0.2, 0.25) is 0 Å². The molecule has 4 N–H and O–H groups in total. The molecule has 0 amide bonds. The maximum Gasteiger partial charge on any atom is 0.472 e. The van der Waals surface area contributed by atoms with Gasteiger partial charge < -0.3 is 20.5 Å². The third-order valence-electron chi connectivity index (χ3n) is 6.75. The molecule has 2 unspecified atom stereocenters. The van der Waals surface area contributed by atoms with Crippen molar-refractivity contribution in [1.82, 2.24) is 0 Å². The summed E-state index contributed by atoms with van der Waals surface area (Å²) in [5.41, 5.74) is 5.21. The summed E-state index contributed by atoms with van der Waals surface area (Å²) in [6.07, 6.45) is 29.1. The van der Waals surface area contributed by atoms with Crippen LogP contribution in [0.15, 0.2) is 0 Å². The van der Waals surface area contributed by atoms with Crippen molar-refractivity contribution in [2.75, 3.05) is 33.0 Å². The number of rotatable bonds is 31. The van der Waals surface area contributed by atoms with Crippen LogP contribution in [0.4, 0.5) is 0 Å². The molecule has 2 atom stereocenters. The van der Waals surface area contributed by atoms with E-state index >= 15 is 0 Å². The molecule has 0 aliphatic rings. The Balaban J connectivity index is 3.20. The molecular formula is C29H62NO6P. The van der Waals surface area contributed by atoms with Gasteiger partial charge in [0.25, 0.3) is 0 Å². The summed E-state index contributed by atoms with van der Waals surface area (Å²) in [4.78, 5) is 9.36. The first-order valence-corrected chi connectivity index (χ1v) is 17.1. The Morgan fingerprint density at radius 2 is 0.973 bits per heavy atom. The Bertz CT molecular complexity index is 497. The van der Waals surface area contributed by atoms with Crippen LogP contribution in [0.1, 0.15) is 148 Å². The van der Waals surface area contributed by atoms with E-state index in [4.69, 9.17) is 15.0 Å². The van der Waals surface area contributed by atoms with Crippen molar-refractivity contribution in [1.29, 1.82) is 0 Å². The maximum atomic E-state index is 11.5. The molecule has 224 valence electrons. The fourth-order valence-electron chi connectivity index (χ4n) is 4.47. The molecule has 0 bridgehead atoms. The van der Waals surface area contributed by atoms with Crippen LogP contribution in [0, 0.1) is 0 Å². The average molecular weight is 552 g/mol. The second-order valence-corrected chi connectivity index (χ2v) is 12.0. The van der Waals surface area contributed by atoms with Crippen LogP contribution in [0.25, 0.3) is 0 Å². The molecule has 8 heteroatoms. The zero-order valence-corrected chi connectivity index (χ0v) is 25.1. The van der Waals surface area contributed by atoms with Crippen molar-refractivity contribution < 1.29 is 28.3 Å². The number of unbranched alkanes of at least 4 members (excludes halogenated alkanes) is 21. The van der Waals surface area contributed by atoms with Gasteiger partial charge in [-0.3, -0.25) is 9.05 Å². The Labute approximate surface area is 229 Å². The largest absolute Gasteiger partial charge is 0.472 e. The van der Waals surface area contributed by atoms with Crippen LogP contribution >= 0.6 is 7.82 Å². The minimum atomic E-state index is -4.14. The monoisotopic (exact) mass is 551 g/mol. The van der Waals surface area contributed by atoms with Crippen molar-refractivity contribution >= 4 is 7.82 Å². The average Bonchev–Trinajstić information content (AvgIpc) is 2.89. The Hall–Kier alpha value is -0.0100. The number of phosphoric ester groups is 1. The van der Waals surface area contributed by atoms with Gasteiger partial charge >= 0.3 is 7.82 Å². The van der Waals surface area contributed by atoms with E-state index in [0.29, 0.717) is 6.61 Å². The van der Waals surface area contributed by atoms with Gasteiger partial charge in [-0.05, 0) is 6.42 Å². The van der Waals surface area contributed by atoms with Gasteiger partial charge in [-0.15, -0.1) is 0 Å². The summed E-state index contributed by atoms with van der Waals surface area (Å²) in [5, 5.41) is 9.75. The summed E-state index contributed by atoms with van der Waals surface area (Å²) in [6, 6.07) is 0. The predicted octanol–water partition coefficient (Wildman–Crippen LogP) is 8.06. The van der Waals surface area contributed by atoms with Crippen molar-refractivity contribution in [2.24, 2.45) is 5.73 Å². The van der Waals surface area contributed by atoms with Crippen LogP contribution in [-0.2, 0) is 18.3 Å². The zero-order chi connectivity index (χ0) is 27.3. The quantitative estimate of drug-likeness (QED) is 0.0590. The maximum absolute atomic E-state index is 11.5. The van der Waals surface area contributed by atoms with E-state index in [1.165, 1.54) is 128 Å². The molecule has 0 aliphatic carbocycles. The minimum absolute atomic E-state index is 0.0696. The van der Waals surface area contributed by atoms with Crippen molar-refractivity contribution in [3.05, 3.63) is 0 Å². The highest BCUT2D eigenvalue weighted by atomic mass is 31.2. The molecule has 0 aromatic carbocycles. The van der Waals surface area contributed by atoms with Crippen molar-refractivity contribution in [3.63, 3.8) is 0 Å². The van der Waals surface area contributed by atoms with Crippen LogP contribution in [0.3, 0.4) is 0 Å². The molecule has 37 heavy (non-hydrogen) atoms. The van der Waals surface area contributed by atoms with Crippen LogP contribution in [-0.4, -0.2) is 49.1 Å². The van der Waals surface area contributed by atoms with Crippen LogP contribution < -0.4 is 5.73 Å². The Morgan fingerprint density at radius 3 is 1.35 bits per heavy atom.